The summed E-state index contributed by atoms with van der Waals surface area (Å²) in [6.45, 7) is 6.63. The van der Waals surface area contributed by atoms with Gasteiger partial charge in [0.2, 0.25) is 0 Å². The summed E-state index contributed by atoms with van der Waals surface area (Å²) in [7, 11) is 0. The molecule has 28 heavy (non-hydrogen) atoms. The van der Waals surface area contributed by atoms with Gasteiger partial charge in [-0.05, 0) is 25.0 Å². The Morgan fingerprint density at radius 3 is 2.43 bits per heavy atom. The molecule has 148 valence electrons. The maximum Gasteiger partial charge on any atom is 0.409 e. The van der Waals surface area contributed by atoms with Gasteiger partial charge in [0.1, 0.15) is 11.5 Å². The summed E-state index contributed by atoms with van der Waals surface area (Å²) in [4.78, 5) is 36.2. The van der Waals surface area contributed by atoms with Crippen LogP contribution in [0.15, 0.2) is 36.7 Å². The van der Waals surface area contributed by atoms with E-state index >= 15 is 0 Å². The van der Waals surface area contributed by atoms with E-state index in [2.05, 4.69) is 34.3 Å². The number of piperazine rings is 1. The third-order valence-electron chi connectivity index (χ3n) is 4.69. The van der Waals surface area contributed by atoms with E-state index in [1.165, 1.54) is 17.3 Å². The lowest BCUT2D eigenvalue weighted by atomic mass is 10.1. The molecule has 2 amide bonds. The van der Waals surface area contributed by atoms with Gasteiger partial charge in [-0.25, -0.2) is 14.8 Å². The van der Waals surface area contributed by atoms with Crippen molar-refractivity contribution in [1.82, 2.24) is 19.8 Å². The summed E-state index contributed by atoms with van der Waals surface area (Å²) in [5.74, 6) is 0.438. The predicted octanol–water partition coefficient (Wildman–Crippen LogP) is 2.31. The Hall–Kier alpha value is -3.16. The Morgan fingerprint density at radius 2 is 1.79 bits per heavy atom. The topological polar surface area (TPSA) is 87.7 Å². The number of amides is 2. The first-order chi connectivity index (χ1) is 13.6. The molecule has 0 saturated carbocycles. The van der Waals surface area contributed by atoms with E-state index in [0.29, 0.717) is 50.8 Å². The van der Waals surface area contributed by atoms with Crippen LogP contribution in [0.4, 0.5) is 10.6 Å². The van der Waals surface area contributed by atoms with Crippen molar-refractivity contribution in [1.29, 1.82) is 0 Å². The smallest absolute Gasteiger partial charge is 0.409 e. The lowest BCUT2D eigenvalue weighted by molar-refractivity contribution is 0.0565. The van der Waals surface area contributed by atoms with Gasteiger partial charge < -0.3 is 19.9 Å². The van der Waals surface area contributed by atoms with E-state index in [9.17, 15) is 9.59 Å². The normalized spacial score (nSPS) is 13.9. The van der Waals surface area contributed by atoms with Crippen LogP contribution in [0.5, 0.6) is 0 Å². The molecule has 1 aliphatic heterocycles. The highest BCUT2D eigenvalue weighted by molar-refractivity contribution is 5.92. The van der Waals surface area contributed by atoms with Gasteiger partial charge in [0.15, 0.2) is 0 Å². The standard InChI is InChI=1S/C20H25N5O3/c1-3-28-20(27)25-10-8-24(9-11-25)19(26)17-13-23-18(14-21-17)22-12-16-7-5-4-6-15(16)2/h4-7,13-14H,3,8-12H2,1-2H3,(H,22,23). The third kappa shape index (κ3) is 4.76. The first-order valence-electron chi connectivity index (χ1n) is 9.40. The van der Waals surface area contributed by atoms with E-state index in [1.807, 2.05) is 12.1 Å². The molecule has 0 radical (unpaired) electrons. The Balaban J connectivity index is 1.53. The number of ether oxygens (including phenoxy) is 1. The molecule has 1 saturated heterocycles. The van der Waals surface area contributed by atoms with E-state index < -0.39 is 0 Å². The molecule has 0 unspecified atom stereocenters. The minimum atomic E-state index is -0.335. The van der Waals surface area contributed by atoms with Gasteiger partial charge in [-0.2, -0.15) is 0 Å². The van der Waals surface area contributed by atoms with Crippen LogP contribution < -0.4 is 5.32 Å². The first kappa shape index (κ1) is 19.6. The fourth-order valence-electron chi connectivity index (χ4n) is 2.99. The van der Waals surface area contributed by atoms with Crippen LogP contribution in [0.2, 0.25) is 0 Å². The number of carbonyl (C=O) groups is 2. The summed E-state index contributed by atoms with van der Waals surface area (Å²) in [6, 6.07) is 8.13. The number of benzene rings is 1. The molecule has 1 aromatic heterocycles. The number of rotatable bonds is 5. The number of carbonyl (C=O) groups excluding carboxylic acids is 2. The quantitative estimate of drug-likeness (QED) is 0.853. The average molecular weight is 383 g/mol. The lowest BCUT2D eigenvalue weighted by Crippen LogP contribution is -2.50. The summed E-state index contributed by atoms with van der Waals surface area (Å²) >= 11 is 0. The van der Waals surface area contributed by atoms with Gasteiger partial charge in [-0.1, -0.05) is 24.3 Å². The molecule has 1 aliphatic rings. The highest BCUT2D eigenvalue weighted by Gasteiger charge is 2.26. The van der Waals surface area contributed by atoms with E-state index in [4.69, 9.17) is 4.74 Å². The number of hydrogen-bond donors (Lipinski definition) is 1. The molecule has 8 nitrogen and oxygen atoms in total. The van der Waals surface area contributed by atoms with Gasteiger partial charge in [0, 0.05) is 32.7 Å². The Bertz CT molecular complexity index is 817. The van der Waals surface area contributed by atoms with Gasteiger partial charge >= 0.3 is 6.09 Å². The predicted molar refractivity (Wildman–Crippen MR) is 105 cm³/mol. The third-order valence-corrected chi connectivity index (χ3v) is 4.69. The molecular weight excluding hydrogens is 358 g/mol. The van der Waals surface area contributed by atoms with Crippen molar-refractivity contribution in [2.24, 2.45) is 0 Å². The van der Waals surface area contributed by atoms with Gasteiger partial charge in [-0.15, -0.1) is 0 Å². The van der Waals surface area contributed by atoms with Crippen molar-refractivity contribution in [3.05, 3.63) is 53.5 Å². The minimum absolute atomic E-state index is 0.179. The number of aromatic nitrogens is 2. The number of aryl methyl sites for hydroxylation is 1. The molecule has 0 spiro atoms. The zero-order valence-corrected chi connectivity index (χ0v) is 16.2. The molecule has 2 aromatic rings. The number of nitrogens with one attached hydrogen (secondary N) is 1. The summed E-state index contributed by atoms with van der Waals surface area (Å²) < 4.78 is 4.99. The highest BCUT2D eigenvalue weighted by Crippen LogP contribution is 2.11. The van der Waals surface area contributed by atoms with Gasteiger partial charge in [0.25, 0.3) is 5.91 Å². The molecule has 0 atom stereocenters. The molecule has 3 rings (SSSR count). The molecule has 2 heterocycles. The van der Waals surface area contributed by atoms with Crippen LogP contribution in [0, 0.1) is 6.92 Å². The number of nitrogens with zero attached hydrogens (tertiary/aromatic N) is 4. The second-order valence-electron chi connectivity index (χ2n) is 6.55. The van der Waals surface area contributed by atoms with E-state index in [0.717, 1.165) is 0 Å². The van der Waals surface area contributed by atoms with Crippen LogP contribution in [0.25, 0.3) is 0 Å². The Morgan fingerprint density at radius 1 is 1.07 bits per heavy atom. The lowest BCUT2D eigenvalue weighted by Gasteiger charge is -2.33. The summed E-state index contributed by atoms with van der Waals surface area (Å²) in [6.07, 6.45) is 2.72. The highest BCUT2D eigenvalue weighted by atomic mass is 16.6. The average Bonchev–Trinajstić information content (AvgIpc) is 2.73. The Labute approximate surface area is 164 Å². The van der Waals surface area contributed by atoms with Crippen LogP contribution in [0.1, 0.15) is 28.5 Å². The van der Waals surface area contributed by atoms with Crippen LogP contribution in [-0.4, -0.2) is 64.6 Å². The van der Waals surface area contributed by atoms with Crippen molar-refractivity contribution >= 4 is 17.8 Å². The monoisotopic (exact) mass is 383 g/mol. The zero-order chi connectivity index (χ0) is 19.9. The van der Waals surface area contributed by atoms with Gasteiger partial charge in [0.05, 0.1) is 19.0 Å². The SMILES string of the molecule is CCOC(=O)N1CCN(C(=O)c2cnc(NCc3ccccc3C)cn2)CC1. The van der Waals surface area contributed by atoms with Crippen molar-refractivity contribution < 1.29 is 14.3 Å². The Kier molecular flexibility index (Phi) is 6.41. The fraction of sp³-hybridized carbons (Fsp3) is 0.400. The number of hydrogen-bond acceptors (Lipinski definition) is 6. The second kappa shape index (κ2) is 9.16. The second-order valence-corrected chi connectivity index (χ2v) is 6.55. The molecule has 1 aromatic carbocycles. The molecular formula is C20H25N5O3. The summed E-state index contributed by atoms with van der Waals surface area (Å²) in [5, 5.41) is 3.22. The van der Waals surface area contributed by atoms with Crippen LogP contribution in [-0.2, 0) is 11.3 Å². The number of anilines is 1. The maximum atomic E-state index is 12.6. The van der Waals surface area contributed by atoms with E-state index in [1.54, 1.807) is 22.9 Å². The van der Waals surface area contributed by atoms with Crippen LogP contribution >= 0.6 is 0 Å². The molecule has 1 fully saturated rings. The first-order valence-corrected chi connectivity index (χ1v) is 9.40. The molecule has 0 aliphatic carbocycles. The largest absolute Gasteiger partial charge is 0.450 e. The van der Waals surface area contributed by atoms with Crippen molar-refractivity contribution in [3.8, 4) is 0 Å². The summed E-state index contributed by atoms with van der Waals surface area (Å²) in [5.41, 5.74) is 2.69. The van der Waals surface area contributed by atoms with Gasteiger partial charge in [-0.3, -0.25) is 4.79 Å². The molecule has 8 heteroatoms. The molecule has 1 N–H and O–H groups in total. The fourth-order valence-corrected chi connectivity index (χ4v) is 2.99. The van der Waals surface area contributed by atoms with E-state index in [-0.39, 0.29) is 12.0 Å². The minimum Gasteiger partial charge on any atom is -0.450 e. The van der Waals surface area contributed by atoms with Crippen LogP contribution in [0.3, 0.4) is 0 Å². The van der Waals surface area contributed by atoms with Crippen molar-refractivity contribution in [2.45, 2.75) is 20.4 Å². The maximum absolute atomic E-state index is 12.6. The zero-order valence-electron chi connectivity index (χ0n) is 16.2. The molecule has 0 bridgehead atoms. The van der Waals surface area contributed by atoms with Crippen molar-refractivity contribution in [3.63, 3.8) is 0 Å². The van der Waals surface area contributed by atoms with Crippen molar-refractivity contribution in [2.75, 3.05) is 38.1 Å².